The lowest BCUT2D eigenvalue weighted by Crippen LogP contribution is -2.31. The summed E-state index contributed by atoms with van der Waals surface area (Å²) in [6.07, 6.45) is -3.67. The number of phenolic OH excluding ortho intramolecular Hbond substituents is 2. The topological polar surface area (TPSA) is 143 Å². The molecule has 0 spiro atoms. The van der Waals surface area contributed by atoms with Gasteiger partial charge in [-0.1, -0.05) is 0 Å². The number of hydrogen-bond acceptors (Lipinski definition) is 9. The van der Waals surface area contributed by atoms with Crippen molar-refractivity contribution in [3.63, 3.8) is 0 Å². The second-order valence-corrected chi connectivity index (χ2v) is 5.32. The standard InChI is InChI=1S/C16H22O9/c1-9(17)23-6-12(20)7-25-16(15(22)8-24-10(2)18)13-4-3-11(19)5-14(13)21/h3-5,12,15-16,19-22H,6-8H2,1-2H3. The number of carbonyl (C=O) groups is 2. The number of hydrogen-bond donors (Lipinski definition) is 4. The summed E-state index contributed by atoms with van der Waals surface area (Å²) in [5.74, 6) is -1.71. The van der Waals surface area contributed by atoms with Crippen LogP contribution in [0.15, 0.2) is 18.2 Å². The van der Waals surface area contributed by atoms with Crippen LogP contribution in [0.5, 0.6) is 11.5 Å². The van der Waals surface area contributed by atoms with E-state index in [0.717, 1.165) is 6.07 Å². The van der Waals surface area contributed by atoms with Gasteiger partial charge in [-0.2, -0.15) is 0 Å². The van der Waals surface area contributed by atoms with Crippen LogP contribution in [0.2, 0.25) is 0 Å². The second kappa shape index (κ2) is 9.82. The van der Waals surface area contributed by atoms with E-state index in [1.54, 1.807) is 0 Å². The molecule has 4 N–H and O–H groups in total. The minimum atomic E-state index is -1.35. The number of esters is 2. The number of rotatable bonds is 9. The number of aliphatic hydroxyl groups excluding tert-OH is 2. The zero-order chi connectivity index (χ0) is 19.0. The number of carbonyl (C=O) groups excluding carboxylic acids is 2. The fourth-order valence-electron chi connectivity index (χ4n) is 1.95. The van der Waals surface area contributed by atoms with Gasteiger partial charge in [-0.15, -0.1) is 0 Å². The second-order valence-electron chi connectivity index (χ2n) is 5.32. The minimum Gasteiger partial charge on any atom is -0.508 e. The van der Waals surface area contributed by atoms with Gasteiger partial charge in [-0.3, -0.25) is 9.59 Å². The molecule has 3 unspecified atom stereocenters. The Balaban J connectivity index is 2.83. The fourth-order valence-corrected chi connectivity index (χ4v) is 1.95. The fraction of sp³-hybridized carbons (Fsp3) is 0.500. The predicted molar refractivity (Wildman–Crippen MR) is 83.7 cm³/mol. The molecule has 1 aromatic carbocycles. The Morgan fingerprint density at radius 2 is 1.60 bits per heavy atom. The summed E-state index contributed by atoms with van der Waals surface area (Å²) < 4.78 is 14.8. The van der Waals surface area contributed by atoms with Crippen LogP contribution < -0.4 is 0 Å². The molecule has 9 heteroatoms. The molecule has 0 aromatic heterocycles. The Hall–Kier alpha value is -2.36. The van der Waals surface area contributed by atoms with Crippen LogP contribution in [0, 0.1) is 0 Å². The first kappa shape index (κ1) is 20.7. The molecule has 0 bridgehead atoms. The molecule has 25 heavy (non-hydrogen) atoms. The molecule has 140 valence electrons. The summed E-state index contributed by atoms with van der Waals surface area (Å²) in [6, 6.07) is 3.66. The van der Waals surface area contributed by atoms with E-state index < -0.39 is 36.9 Å². The summed E-state index contributed by atoms with van der Waals surface area (Å²) >= 11 is 0. The van der Waals surface area contributed by atoms with E-state index in [9.17, 15) is 30.0 Å². The van der Waals surface area contributed by atoms with Crippen molar-refractivity contribution in [2.45, 2.75) is 32.2 Å². The summed E-state index contributed by atoms with van der Waals surface area (Å²) in [5.41, 5.74) is 0.122. The maximum Gasteiger partial charge on any atom is 0.302 e. The number of benzene rings is 1. The van der Waals surface area contributed by atoms with Gasteiger partial charge in [0.1, 0.15) is 43.0 Å². The summed E-state index contributed by atoms with van der Waals surface area (Å²) in [5, 5.41) is 39.2. The molecular weight excluding hydrogens is 336 g/mol. The molecule has 0 amide bonds. The third-order valence-electron chi connectivity index (χ3n) is 3.07. The van der Waals surface area contributed by atoms with Gasteiger partial charge in [-0.05, 0) is 12.1 Å². The van der Waals surface area contributed by atoms with E-state index in [4.69, 9.17) is 9.47 Å². The highest BCUT2D eigenvalue weighted by Gasteiger charge is 2.27. The van der Waals surface area contributed by atoms with Crippen molar-refractivity contribution >= 4 is 11.9 Å². The number of ether oxygens (including phenoxy) is 3. The van der Waals surface area contributed by atoms with Crippen LogP contribution in [0.3, 0.4) is 0 Å². The average Bonchev–Trinajstić information content (AvgIpc) is 2.52. The number of phenols is 2. The Morgan fingerprint density at radius 3 is 2.16 bits per heavy atom. The van der Waals surface area contributed by atoms with Gasteiger partial charge in [-0.25, -0.2) is 0 Å². The molecule has 0 radical (unpaired) electrons. The quantitative estimate of drug-likeness (QED) is 0.449. The molecule has 1 rings (SSSR count). The van der Waals surface area contributed by atoms with Crippen LogP contribution >= 0.6 is 0 Å². The van der Waals surface area contributed by atoms with Gasteiger partial charge in [0.05, 0.1) is 6.61 Å². The van der Waals surface area contributed by atoms with Crippen molar-refractivity contribution in [3.05, 3.63) is 23.8 Å². The van der Waals surface area contributed by atoms with Crippen molar-refractivity contribution < 1.29 is 44.2 Å². The van der Waals surface area contributed by atoms with E-state index in [-0.39, 0.29) is 30.3 Å². The lowest BCUT2D eigenvalue weighted by Gasteiger charge is -2.25. The Labute approximate surface area is 144 Å². The smallest absolute Gasteiger partial charge is 0.302 e. The summed E-state index contributed by atoms with van der Waals surface area (Å²) in [7, 11) is 0. The van der Waals surface area contributed by atoms with E-state index >= 15 is 0 Å². The molecule has 0 aliphatic heterocycles. The van der Waals surface area contributed by atoms with Crippen molar-refractivity contribution in [1.82, 2.24) is 0 Å². The van der Waals surface area contributed by atoms with Crippen LogP contribution in [0.1, 0.15) is 25.5 Å². The van der Waals surface area contributed by atoms with Crippen LogP contribution in [0.25, 0.3) is 0 Å². The molecular formula is C16H22O9. The van der Waals surface area contributed by atoms with Gasteiger partial charge in [0.15, 0.2) is 0 Å². The molecule has 0 aliphatic rings. The summed E-state index contributed by atoms with van der Waals surface area (Å²) in [6.45, 7) is 1.33. The third-order valence-corrected chi connectivity index (χ3v) is 3.07. The lowest BCUT2D eigenvalue weighted by molar-refractivity contribution is -0.151. The normalized spacial score (nSPS) is 14.4. The van der Waals surface area contributed by atoms with Crippen molar-refractivity contribution in [2.24, 2.45) is 0 Å². The molecule has 0 saturated carbocycles. The van der Waals surface area contributed by atoms with Crippen molar-refractivity contribution in [3.8, 4) is 11.5 Å². The van der Waals surface area contributed by atoms with Gasteiger partial charge in [0.25, 0.3) is 0 Å². The van der Waals surface area contributed by atoms with E-state index in [1.807, 2.05) is 0 Å². The van der Waals surface area contributed by atoms with E-state index in [1.165, 1.54) is 26.0 Å². The lowest BCUT2D eigenvalue weighted by atomic mass is 10.0. The van der Waals surface area contributed by atoms with Crippen LogP contribution in [-0.4, -0.2) is 64.4 Å². The molecule has 0 aliphatic carbocycles. The molecule has 1 aromatic rings. The Bertz CT molecular complexity index is 587. The largest absolute Gasteiger partial charge is 0.508 e. The first-order valence-corrected chi connectivity index (χ1v) is 7.47. The zero-order valence-electron chi connectivity index (χ0n) is 13.9. The zero-order valence-corrected chi connectivity index (χ0v) is 13.9. The van der Waals surface area contributed by atoms with Crippen LogP contribution in [0.4, 0.5) is 0 Å². The average molecular weight is 358 g/mol. The van der Waals surface area contributed by atoms with Gasteiger partial charge < -0.3 is 34.6 Å². The maximum absolute atomic E-state index is 10.9. The monoisotopic (exact) mass is 358 g/mol. The molecule has 3 atom stereocenters. The number of aromatic hydroxyl groups is 2. The van der Waals surface area contributed by atoms with Crippen molar-refractivity contribution in [1.29, 1.82) is 0 Å². The molecule has 0 fully saturated rings. The maximum atomic E-state index is 10.9. The minimum absolute atomic E-state index is 0.122. The van der Waals surface area contributed by atoms with Gasteiger partial charge >= 0.3 is 11.9 Å². The van der Waals surface area contributed by atoms with Gasteiger partial charge in [0.2, 0.25) is 0 Å². The summed E-state index contributed by atoms with van der Waals surface area (Å²) in [4.78, 5) is 21.6. The highest BCUT2D eigenvalue weighted by atomic mass is 16.6. The Morgan fingerprint density at radius 1 is 1.00 bits per heavy atom. The highest BCUT2D eigenvalue weighted by molar-refractivity contribution is 5.66. The van der Waals surface area contributed by atoms with Gasteiger partial charge in [0, 0.05) is 25.5 Å². The SMILES string of the molecule is CC(=O)OCC(O)COC(c1ccc(O)cc1O)C(O)COC(C)=O. The van der Waals surface area contributed by atoms with Crippen LogP contribution in [-0.2, 0) is 23.8 Å². The van der Waals surface area contributed by atoms with Crippen molar-refractivity contribution in [2.75, 3.05) is 19.8 Å². The Kier molecular flexibility index (Phi) is 8.12. The van der Waals surface area contributed by atoms with E-state index in [0.29, 0.717) is 0 Å². The van der Waals surface area contributed by atoms with E-state index in [2.05, 4.69) is 4.74 Å². The highest BCUT2D eigenvalue weighted by Crippen LogP contribution is 2.32. The first-order chi connectivity index (χ1) is 11.7. The molecule has 0 heterocycles. The third kappa shape index (κ3) is 7.38. The number of aliphatic hydroxyl groups is 2. The first-order valence-electron chi connectivity index (χ1n) is 7.47. The molecule has 9 nitrogen and oxygen atoms in total. The predicted octanol–water partition coefficient (Wildman–Crippen LogP) is 0.00350. The molecule has 0 saturated heterocycles.